The van der Waals surface area contributed by atoms with Gasteiger partial charge in [0.1, 0.15) is 95.8 Å². The minimum atomic E-state index is -3.67. The van der Waals surface area contributed by atoms with Crippen molar-refractivity contribution in [2.45, 2.75) is 170 Å². The van der Waals surface area contributed by atoms with Gasteiger partial charge in [-0.3, -0.25) is 57.5 Å². The maximum absolute atomic E-state index is 16.2. The number of nitrogens with zero attached hydrogens (tertiary/aromatic N) is 2. The Morgan fingerprint density at radius 3 is 1.93 bits per heavy atom. The van der Waals surface area contributed by atoms with E-state index in [1.54, 1.807) is 36.4 Å². The first-order valence-electron chi connectivity index (χ1n) is 35.2. The van der Waals surface area contributed by atoms with E-state index in [9.17, 15) is 61.4 Å². The number of amides is 12. The first-order chi connectivity index (χ1) is 51.4. The molecule has 0 radical (unpaired) electrons. The van der Waals surface area contributed by atoms with Gasteiger partial charge < -0.3 is 93.7 Å². The van der Waals surface area contributed by atoms with Crippen LogP contribution in [0.25, 0.3) is 21.8 Å². The molecule has 0 spiro atoms. The Balaban J connectivity index is 1.07. The van der Waals surface area contributed by atoms with Crippen molar-refractivity contribution in [2.24, 2.45) is 11.5 Å². The van der Waals surface area contributed by atoms with Crippen molar-refractivity contribution in [3.63, 3.8) is 0 Å². The maximum Gasteiger partial charge on any atom is 0.315 e. The Morgan fingerprint density at radius 2 is 1.31 bits per heavy atom. The topological polar surface area (TPSA) is 442 Å². The number of nitrogens with two attached hydrogens (primary N) is 2. The monoisotopic (exact) mass is 1510 g/mol. The summed E-state index contributed by atoms with van der Waals surface area (Å²) in [4.78, 5) is 180. The number of aliphatic hydroxyl groups is 1. The zero-order valence-electron chi connectivity index (χ0n) is 59.6. The number of fused-ring (bicyclic) bond motifs is 32. The lowest BCUT2D eigenvalue weighted by Crippen LogP contribution is -2.64. The molecule has 4 aliphatic heterocycles. The minimum absolute atomic E-state index is 0.0391. The fourth-order valence-corrected chi connectivity index (χ4v) is 13.4. The molecular formula is C73H88F5N15O15. The molecule has 12 amide bonds. The van der Waals surface area contributed by atoms with E-state index in [1.165, 1.54) is 62.5 Å². The van der Waals surface area contributed by atoms with E-state index < -0.39 is 193 Å². The molecule has 6 aromatic rings. The van der Waals surface area contributed by atoms with Gasteiger partial charge in [-0.2, -0.15) is 8.78 Å². The molecule has 580 valence electrons. The van der Waals surface area contributed by atoms with Crippen molar-refractivity contribution in [3.8, 4) is 11.5 Å². The minimum Gasteiger partial charge on any atom is -0.497 e. The number of carbonyl (C=O) groups is 12. The first kappa shape index (κ1) is 80.9. The molecule has 12 atom stereocenters. The number of aliphatic hydroxyl groups excluding tert-OH is 1. The van der Waals surface area contributed by atoms with Crippen molar-refractivity contribution >= 4 is 92.7 Å². The predicted molar refractivity (Wildman–Crippen MR) is 379 cm³/mol. The van der Waals surface area contributed by atoms with Crippen molar-refractivity contribution in [2.75, 3.05) is 39.9 Å². The van der Waals surface area contributed by atoms with Gasteiger partial charge in [-0.1, -0.05) is 24.3 Å². The number of hydrogen-bond acceptors (Lipinski definition) is 16. The third-order valence-corrected chi connectivity index (χ3v) is 19.3. The molecule has 0 unspecified atom stereocenters. The van der Waals surface area contributed by atoms with Gasteiger partial charge in [0.25, 0.3) is 5.91 Å². The van der Waals surface area contributed by atoms with Crippen LogP contribution < -0.4 is 68.8 Å². The van der Waals surface area contributed by atoms with Crippen molar-refractivity contribution < 1.29 is 94.1 Å². The molecule has 4 aliphatic rings. The van der Waals surface area contributed by atoms with Gasteiger partial charge >= 0.3 is 6.43 Å². The summed E-state index contributed by atoms with van der Waals surface area (Å²) < 4.78 is 84.9. The number of halogens is 5. The van der Waals surface area contributed by atoms with E-state index >= 15 is 23.2 Å². The fraction of sp³-hybridized carbons (Fsp3) is 0.452. The van der Waals surface area contributed by atoms with Crippen LogP contribution in [0.15, 0.2) is 97.3 Å². The van der Waals surface area contributed by atoms with Gasteiger partial charge in [0, 0.05) is 72.8 Å². The van der Waals surface area contributed by atoms with Crippen LogP contribution in [0.1, 0.15) is 88.0 Å². The fourth-order valence-electron chi connectivity index (χ4n) is 13.4. The summed E-state index contributed by atoms with van der Waals surface area (Å²) in [5.41, 5.74) is 12.0. The number of hydrogen-bond donors (Lipinski definition) is 14. The number of benzene rings is 4. The highest BCUT2D eigenvalue weighted by molar-refractivity contribution is 6.01. The van der Waals surface area contributed by atoms with Crippen LogP contribution in [0.3, 0.4) is 0 Å². The second kappa shape index (κ2) is 36.4. The maximum atomic E-state index is 16.2. The Kier molecular flexibility index (Phi) is 27.2. The third kappa shape index (κ3) is 20.5. The number of nitrogens with one attached hydrogen (secondary N) is 11. The summed E-state index contributed by atoms with van der Waals surface area (Å²) in [6, 6.07) is 4.31. The smallest absolute Gasteiger partial charge is 0.315 e. The molecule has 0 aliphatic carbocycles. The zero-order chi connectivity index (χ0) is 78.3. The molecule has 2 aromatic heterocycles. The number of H-pyrrole nitrogens is 2. The van der Waals surface area contributed by atoms with Crippen LogP contribution in [0.2, 0.25) is 0 Å². The molecule has 35 heteroatoms. The molecule has 10 rings (SSSR count). The second-order valence-electron chi connectivity index (χ2n) is 27.2. The van der Waals surface area contributed by atoms with Crippen LogP contribution >= 0.6 is 0 Å². The third-order valence-electron chi connectivity index (χ3n) is 19.3. The van der Waals surface area contributed by atoms with Gasteiger partial charge in [0.15, 0.2) is 0 Å². The van der Waals surface area contributed by atoms with Crippen LogP contribution in [0.4, 0.5) is 22.0 Å². The molecular weight excluding hydrogens is 1420 g/mol. The molecule has 0 saturated carbocycles. The number of unbranched alkanes of at least 4 members (excludes halogenated alkanes) is 1. The van der Waals surface area contributed by atoms with E-state index in [0.29, 0.717) is 27.9 Å². The quantitative estimate of drug-likeness (QED) is 0.0380. The number of aromatic nitrogens is 2. The van der Waals surface area contributed by atoms with Gasteiger partial charge in [-0.05, 0) is 142 Å². The van der Waals surface area contributed by atoms with Crippen molar-refractivity contribution in [1.82, 2.24) is 67.6 Å². The number of rotatable bonds is 15. The molecule has 2 bridgehead atoms. The summed E-state index contributed by atoms with van der Waals surface area (Å²) in [6.45, 7) is 2.58. The van der Waals surface area contributed by atoms with E-state index in [4.69, 9.17) is 20.9 Å². The Morgan fingerprint density at radius 1 is 0.713 bits per heavy atom. The number of aromatic amines is 2. The number of ether oxygens (including phenoxy) is 2. The number of methoxy groups -OCH3 is 1. The summed E-state index contributed by atoms with van der Waals surface area (Å²) in [7, 11) is 1.43. The lowest BCUT2D eigenvalue weighted by Gasteiger charge is -2.37. The number of alkyl halides is 3. The number of primary amides is 1. The summed E-state index contributed by atoms with van der Waals surface area (Å²) >= 11 is 0. The second-order valence-corrected chi connectivity index (χ2v) is 27.2. The van der Waals surface area contributed by atoms with E-state index in [-0.39, 0.29) is 98.8 Å². The molecule has 108 heavy (non-hydrogen) atoms. The highest BCUT2D eigenvalue weighted by Gasteiger charge is 2.50. The van der Waals surface area contributed by atoms with Gasteiger partial charge in [-0.25, -0.2) is 13.2 Å². The lowest BCUT2D eigenvalue weighted by molar-refractivity contribution is -0.147. The number of carbonyl (C=O) groups excluding carboxylic acids is 12. The normalized spacial score (nSPS) is 25.0. The van der Waals surface area contributed by atoms with Crippen LogP contribution in [-0.4, -0.2) is 214 Å². The average molecular weight is 1510 g/mol. The SMILES string of the molecule is COc1ccc(C[C@@H]2NC(=O)[C@H]([C@@H](C)O)NC(=O)[C@@H]3C[C@H](F)CN3C(=O)[C@H](Cc3c[nH]c4ccc(F)cc34)NC(=O)[C@H](Cc3c[nH]c4ccc(F)cc34)NC(=O)[C@@H](C)NC(=O)[C@H](CCCCN)NC(=O)[C@@H](NC(=O)C(F)F)CC(=O)NCCOc3ccc(cc3)C[C@@H](C(N)=O)NC(=O)[C@]3(C)CCCN3C2=O)cc1. The lowest BCUT2D eigenvalue weighted by atomic mass is 9.94. The van der Waals surface area contributed by atoms with Crippen molar-refractivity contribution in [1.29, 1.82) is 0 Å². The Bertz CT molecular complexity index is 4300. The van der Waals surface area contributed by atoms with Gasteiger partial charge in [0.05, 0.1) is 32.7 Å². The van der Waals surface area contributed by atoms with E-state index in [0.717, 1.165) is 36.1 Å². The van der Waals surface area contributed by atoms with Crippen molar-refractivity contribution in [3.05, 3.63) is 131 Å². The van der Waals surface area contributed by atoms with Crippen LogP contribution in [-0.2, 0) is 83.2 Å². The largest absolute Gasteiger partial charge is 0.497 e. The van der Waals surface area contributed by atoms with Crippen LogP contribution in [0, 0.1) is 11.6 Å². The summed E-state index contributed by atoms with van der Waals surface area (Å²) in [5, 5.41) is 33.9. The molecule has 4 aromatic carbocycles. The summed E-state index contributed by atoms with van der Waals surface area (Å²) in [6.07, 6.45) is -7.13. The van der Waals surface area contributed by atoms with E-state index in [2.05, 4.69) is 52.5 Å². The summed E-state index contributed by atoms with van der Waals surface area (Å²) in [5.74, 6) is -14.2. The molecule has 2 fully saturated rings. The molecule has 16 N–H and O–H groups in total. The average Bonchev–Trinajstić information content (AvgIpc) is 1.39. The Hall–Kier alpha value is -11.2. The Labute approximate surface area is 616 Å². The highest BCUT2D eigenvalue weighted by atomic mass is 19.3. The predicted octanol–water partition coefficient (Wildman–Crippen LogP) is 0.584. The van der Waals surface area contributed by atoms with Gasteiger partial charge in [0.2, 0.25) is 65.0 Å². The standard InChI is InChI=1S/C73H88F5N15O15/c1-37-63(97)86-54(28-41-34-82-50-19-13-43(74)30-48(41)50)65(99)88-57(29-42-35-83-51-20-14-44(75)31-49(42)51)70(104)92-36-45(76)32-58(92)67(101)91-60(38(2)94)68(102)89-56(27-40-9-15-46(107-4)16-10-40)71(105)93-24-7-21-73(93,3)72(106)90-53(62(80)96)26-39-11-17-47(18-12-39)108-25-23-81-59(95)33-55(87-69(103)61(77)78)66(100)85-52(64(98)84-37)8-5-6-22-79/h9-20,30-31,34-35,37-38,45,52-58,60-61,82-83,94H,5-8,21-29,32-33,36,79H2,1-4H3,(H2,80,96)(H,81,95)(H,84,98)(H,85,100)(H,86,97)(H,87,103)(H,88,99)(H,89,102)(H,90,106)(H,91,101)/t37-,38-,45+,52+,53+,54+,55+,56+,57+,58+,60+,73+/m1/s1. The zero-order valence-corrected chi connectivity index (χ0v) is 59.6. The molecule has 30 nitrogen and oxygen atoms in total. The molecule has 6 heterocycles. The van der Waals surface area contributed by atoms with Gasteiger partial charge in [-0.15, -0.1) is 0 Å². The highest BCUT2D eigenvalue weighted by Crippen LogP contribution is 2.32. The first-order valence-corrected chi connectivity index (χ1v) is 35.2. The van der Waals surface area contributed by atoms with E-state index in [1.807, 2.05) is 5.32 Å². The van der Waals surface area contributed by atoms with Crippen LogP contribution in [0.5, 0.6) is 11.5 Å². The molecule has 2 saturated heterocycles.